The lowest BCUT2D eigenvalue weighted by Gasteiger charge is -2.14. The topological polar surface area (TPSA) is 0 Å². The minimum Gasteiger partial charge on any atom is -0.0843 e. The van der Waals surface area contributed by atoms with Crippen molar-refractivity contribution in [3.63, 3.8) is 0 Å². The molecule has 0 bridgehead atoms. The van der Waals surface area contributed by atoms with E-state index in [0.717, 1.165) is 17.9 Å². The fourth-order valence-electron chi connectivity index (χ4n) is 2.34. The van der Waals surface area contributed by atoms with E-state index in [1.165, 1.54) is 27.8 Å². The number of rotatable bonds is 3. The number of hydrogen-bond donors (Lipinski definition) is 0. The summed E-state index contributed by atoms with van der Waals surface area (Å²) in [6.45, 7) is 6.53. The highest BCUT2D eigenvalue weighted by molar-refractivity contribution is 6.30. The molecule has 0 saturated heterocycles. The van der Waals surface area contributed by atoms with Crippen LogP contribution >= 0.6 is 11.6 Å². The lowest BCUT2D eigenvalue weighted by atomic mass is 9.91. The number of aryl methyl sites for hydroxylation is 3. The van der Waals surface area contributed by atoms with Gasteiger partial charge in [-0.3, -0.25) is 0 Å². The predicted octanol–water partition coefficient (Wildman–Crippen LogP) is 5.24. The second kappa shape index (κ2) is 5.58. The molecular formula is C17H18Cl. The Morgan fingerprint density at radius 3 is 2.28 bits per heavy atom. The second-order valence-corrected chi connectivity index (χ2v) is 4.98. The van der Waals surface area contributed by atoms with Gasteiger partial charge < -0.3 is 0 Å². The summed E-state index contributed by atoms with van der Waals surface area (Å²) in [6, 6.07) is 13.8. The van der Waals surface area contributed by atoms with E-state index in [4.69, 9.17) is 11.6 Å². The molecule has 0 fully saturated rings. The van der Waals surface area contributed by atoms with Crippen LogP contribution in [0.5, 0.6) is 0 Å². The van der Waals surface area contributed by atoms with Crippen molar-refractivity contribution in [2.24, 2.45) is 0 Å². The minimum atomic E-state index is 0.781. The molecule has 0 unspecified atom stereocenters. The molecule has 93 valence electrons. The standard InChI is InChI=1S/C17H18Cl/c1-4-13-10-12(3)17(14(5-2)11-13)15-6-8-16(18)9-7-15/h6-10H,4-5H2,1-3H3. The first-order chi connectivity index (χ1) is 8.65. The molecule has 0 saturated carbocycles. The van der Waals surface area contributed by atoms with Crippen molar-refractivity contribution in [1.82, 2.24) is 0 Å². The minimum absolute atomic E-state index is 0.781. The molecule has 2 aromatic carbocycles. The maximum Gasteiger partial charge on any atom is 0.0406 e. The monoisotopic (exact) mass is 257 g/mol. The van der Waals surface area contributed by atoms with Crippen molar-refractivity contribution in [1.29, 1.82) is 0 Å². The molecule has 0 aliphatic carbocycles. The molecule has 0 aliphatic heterocycles. The van der Waals surface area contributed by atoms with Gasteiger partial charge in [-0.15, -0.1) is 0 Å². The average molecular weight is 258 g/mol. The van der Waals surface area contributed by atoms with Crippen LogP contribution in [0, 0.1) is 13.0 Å². The Labute approximate surface area is 115 Å². The lowest BCUT2D eigenvalue weighted by molar-refractivity contribution is 1.07. The Hall–Kier alpha value is -1.27. The van der Waals surface area contributed by atoms with Gasteiger partial charge in [0.05, 0.1) is 0 Å². The number of hydrogen-bond acceptors (Lipinski definition) is 0. The third-order valence-electron chi connectivity index (χ3n) is 3.27. The van der Waals surface area contributed by atoms with E-state index >= 15 is 0 Å². The fraction of sp³-hybridized carbons (Fsp3) is 0.294. The number of benzene rings is 2. The summed E-state index contributed by atoms with van der Waals surface area (Å²) in [5.41, 5.74) is 6.46. The van der Waals surface area contributed by atoms with Crippen LogP contribution in [0.25, 0.3) is 11.1 Å². The molecule has 0 N–H and O–H groups in total. The zero-order chi connectivity index (χ0) is 13.1. The van der Waals surface area contributed by atoms with E-state index in [9.17, 15) is 0 Å². The Kier molecular flexibility index (Phi) is 4.08. The Morgan fingerprint density at radius 1 is 1.06 bits per heavy atom. The van der Waals surface area contributed by atoms with Gasteiger partial charge in [0.15, 0.2) is 0 Å². The first kappa shape index (κ1) is 13.2. The van der Waals surface area contributed by atoms with Gasteiger partial charge in [0.2, 0.25) is 0 Å². The largest absolute Gasteiger partial charge is 0.0843 e. The van der Waals surface area contributed by atoms with Crippen LogP contribution in [-0.2, 0) is 12.8 Å². The van der Waals surface area contributed by atoms with Gasteiger partial charge in [0.25, 0.3) is 0 Å². The molecular weight excluding hydrogens is 240 g/mol. The van der Waals surface area contributed by atoms with Crippen molar-refractivity contribution in [2.45, 2.75) is 33.6 Å². The molecule has 0 aromatic heterocycles. The molecule has 0 aliphatic rings. The van der Waals surface area contributed by atoms with Gasteiger partial charge in [-0.1, -0.05) is 43.6 Å². The first-order valence-corrected chi connectivity index (χ1v) is 6.84. The Morgan fingerprint density at radius 2 is 1.72 bits per heavy atom. The lowest BCUT2D eigenvalue weighted by Crippen LogP contribution is -1.95. The van der Waals surface area contributed by atoms with Crippen LogP contribution in [0.1, 0.15) is 30.5 Å². The van der Waals surface area contributed by atoms with Crippen molar-refractivity contribution in [3.05, 3.63) is 58.1 Å². The van der Waals surface area contributed by atoms with Crippen LogP contribution in [0.2, 0.25) is 5.02 Å². The fourth-order valence-corrected chi connectivity index (χ4v) is 2.46. The molecule has 0 spiro atoms. The smallest absolute Gasteiger partial charge is 0.0406 e. The maximum atomic E-state index is 5.95. The van der Waals surface area contributed by atoms with Crippen molar-refractivity contribution in [2.75, 3.05) is 0 Å². The van der Waals surface area contributed by atoms with E-state index in [2.05, 4.69) is 45.0 Å². The molecule has 0 nitrogen and oxygen atoms in total. The SMILES string of the molecule is CCc1[c]c(CC)c(-c2ccc(Cl)cc2)c(C)c1. The van der Waals surface area contributed by atoms with Gasteiger partial charge in [-0.25, -0.2) is 0 Å². The molecule has 1 radical (unpaired) electrons. The van der Waals surface area contributed by atoms with Crippen LogP contribution in [0.4, 0.5) is 0 Å². The quantitative estimate of drug-likeness (QED) is 0.705. The summed E-state index contributed by atoms with van der Waals surface area (Å²) in [6.07, 6.45) is 2.04. The van der Waals surface area contributed by atoms with Crippen LogP contribution in [-0.4, -0.2) is 0 Å². The van der Waals surface area contributed by atoms with Crippen LogP contribution in [0.3, 0.4) is 0 Å². The first-order valence-electron chi connectivity index (χ1n) is 6.46. The zero-order valence-electron chi connectivity index (χ0n) is 11.2. The molecule has 2 aromatic rings. The third kappa shape index (κ3) is 2.59. The van der Waals surface area contributed by atoms with Crippen LogP contribution in [0.15, 0.2) is 30.3 Å². The summed E-state index contributed by atoms with van der Waals surface area (Å²) in [4.78, 5) is 0. The molecule has 0 amide bonds. The number of halogens is 1. The zero-order valence-corrected chi connectivity index (χ0v) is 11.9. The summed E-state index contributed by atoms with van der Waals surface area (Å²) in [5.74, 6) is 0. The van der Waals surface area contributed by atoms with E-state index in [1.54, 1.807) is 0 Å². The normalized spacial score (nSPS) is 10.7. The van der Waals surface area contributed by atoms with Crippen LogP contribution < -0.4 is 0 Å². The average Bonchev–Trinajstić information content (AvgIpc) is 2.39. The maximum absolute atomic E-state index is 5.95. The molecule has 18 heavy (non-hydrogen) atoms. The third-order valence-corrected chi connectivity index (χ3v) is 3.52. The van der Waals surface area contributed by atoms with Crippen molar-refractivity contribution in [3.8, 4) is 11.1 Å². The molecule has 2 rings (SSSR count). The van der Waals surface area contributed by atoms with E-state index < -0.39 is 0 Å². The van der Waals surface area contributed by atoms with Gasteiger partial charge in [0.1, 0.15) is 0 Å². The van der Waals surface area contributed by atoms with Gasteiger partial charge in [-0.05, 0) is 65.8 Å². The highest BCUT2D eigenvalue weighted by Crippen LogP contribution is 2.30. The molecule has 0 heterocycles. The summed E-state index contributed by atoms with van der Waals surface area (Å²) in [7, 11) is 0. The van der Waals surface area contributed by atoms with E-state index in [-0.39, 0.29) is 0 Å². The predicted molar refractivity (Wildman–Crippen MR) is 79.2 cm³/mol. The van der Waals surface area contributed by atoms with Gasteiger partial charge >= 0.3 is 0 Å². The highest BCUT2D eigenvalue weighted by Gasteiger charge is 2.09. The van der Waals surface area contributed by atoms with Crippen molar-refractivity contribution < 1.29 is 0 Å². The Bertz CT molecular complexity index is 538. The van der Waals surface area contributed by atoms with E-state index in [1.807, 2.05) is 12.1 Å². The summed E-state index contributed by atoms with van der Waals surface area (Å²) in [5, 5.41) is 0.781. The van der Waals surface area contributed by atoms with E-state index in [0.29, 0.717) is 0 Å². The van der Waals surface area contributed by atoms with Gasteiger partial charge in [-0.2, -0.15) is 0 Å². The summed E-state index contributed by atoms with van der Waals surface area (Å²) >= 11 is 5.95. The Balaban J connectivity index is 2.59. The highest BCUT2D eigenvalue weighted by atomic mass is 35.5. The molecule has 0 atom stereocenters. The van der Waals surface area contributed by atoms with Crippen molar-refractivity contribution >= 4 is 11.6 Å². The van der Waals surface area contributed by atoms with Gasteiger partial charge in [0, 0.05) is 5.02 Å². The summed E-state index contributed by atoms with van der Waals surface area (Å²) < 4.78 is 0. The second-order valence-electron chi connectivity index (χ2n) is 4.55. The molecule has 1 heteroatoms.